The summed E-state index contributed by atoms with van der Waals surface area (Å²) in [5, 5.41) is 2.32. The molecule has 1 amide bonds. The van der Waals surface area contributed by atoms with E-state index in [1.54, 1.807) is 30.3 Å². The summed E-state index contributed by atoms with van der Waals surface area (Å²) in [6.45, 7) is -0.0101. The molecule has 0 bridgehead atoms. The summed E-state index contributed by atoms with van der Waals surface area (Å²) < 4.78 is 43.9. The molecule has 0 saturated heterocycles. The number of aromatic nitrogens is 2. The van der Waals surface area contributed by atoms with Gasteiger partial charge in [0, 0.05) is 23.9 Å². The first-order valence-corrected chi connectivity index (χ1v) is 6.72. The minimum atomic E-state index is -4.60. The molecule has 0 aliphatic heterocycles. The van der Waals surface area contributed by atoms with Crippen LogP contribution in [0.4, 0.5) is 18.0 Å². The van der Waals surface area contributed by atoms with Crippen LogP contribution in [0.1, 0.15) is 11.3 Å². The van der Waals surface area contributed by atoms with Crippen LogP contribution in [0.15, 0.2) is 36.5 Å². The first kappa shape index (κ1) is 16.7. The second kappa shape index (κ2) is 7.08. The van der Waals surface area contributed by atoms with Crippen LogP contribution in [0.3, 0.4) is 0 Å². The first-order chi connectivity index (χ1) is 10.9. The van der Waals surface area contributed by atoms with Crippen molar-refractivity contribution in [3.05, 3.63) is 47.8 Å². The van der Waals surface area contributed by atoms with E-state index < -0.39 is 18.0 Å². The molecule has 2 aromatic rings. The summed E-state index contributed by atoms with van der Waals surface area (Å²) in [4.78, 5) is 18.6. The Balaban J connectivity index is 2.27. The molecule has 0 aliphatic carbocycles. The van der Waals surface area contributed by atoms with E-state index in [2.05, 4.69) is 20.0 Å². The number of halogens is 3. The van der Waals surface area contributed by atoms with E-state index in [1.165, 1.54) is 7.11 Å². The van der Waals surface area contributed by atoms with E-state index in [1.807, 2.05) is 0 Å². The number of nitrogens with one attached hydrogen (secondary N) is 1. The molecule has 0 atom stereocenters. The van der Waals surface area contributed by atoms with Crippen LogP contribution < -0.4 is 5.32 Å². The second-order valence-electron chi connectivity index (χ2n) is 4.60. The largest absolute Gasteiger partial charge is 0.453 e. The number of methoxy groups -OCH3 is 1. The fraction of sp³-hybridized carbons (Fsp3) is 0.267. The number of hydrogen-bond acceptors (Lipinski definition) is 4. The number of carbonyl (C=O) groups excluding carboxylic acids is 1. The second-order valence-corrected chi connectivity index (χ2v) is 4.60. The molecule has 1 N–H and O–H groups in total. The van der Waals surface area contributed by atoms with Gasteiger partial charge in [0.25, 0.3) is 0 Å². The monoisotopic (exact) mass is 325 g/mol. The van der Waals surface area contributed by atoms with Crippen molar-refractivity contribution < 1.29 is 22.7 Å². The molecule has 0 aliphatic rings. The van der Waals surface area contributed by atoms with Gasteiger partial charge in [-0.25, -0.2) is 14.8 Å². The Labute approximate surface area is 130 Å². The Morgan fingerprint density at radius 1 is 1.26 bits per heavy atom. The highest BCUT2D eigenvalue weighted by atomic mass is 19.4. The number of nitrogens with zero attached hydrogens (tertiary/aromatic N) is 2. The van der Waals surface area contributed by atoms with E-state index >= 15 is 0 Å². The molecule has 0 saturated carbocycles. The van der Waals surface area contributed by atoms with Crippen LogP contribution in [0.2, 0.25) is 0 Å². The molecule has 0 spiro atoms. The minimum absolute atomic E-state index is 0.00241. The third-order valence-electron chi connectivity index (χ3n) is 3.01. The number of benzene rings is 1. The summed E-state index contributed by atoms with van der Waals surface area (Å²) in [7, 11) is 1.17. The van der Waals surface area contributed by atoms with Gasteiger partial charge in [0.05, 0.1) is 7.11 Å². The summed E-state index contributed by atoms with van der Waals surface area (Å²) >= 11 is 0. The Morgan fingerprint density at radius 2 is 1.96 bits per heavy atom. The molecule has 0 radical (unpaired) electrons. The number of amides is 1. The maximum Gasteiger partial charge on any atom is 0.433 e. The van der Waals surface area contributed by atoms with Gasteiger partial charge >= 0.3 is 12.3 Å². The Hall–Kier alpha value is -2.64. The van der Waals surface area contributed by atoms with E-state index in [9.17, 15) is 18.0 Å². The van der Waals surface area contributed by atoms with Crippen molar-refractivity contribution in [2.75, 3.05) is 13.7 Å². The van der Waals surface area contributed by atoms with Gasteiger partial charge in [-0.15, -0.1) is 0 Å². The van der Waals surface area contributed by atoms with Crippen LogP contribution in [0.25, 0.3) is 11.4 Å². The lowest BCUT2D eigenvalue weighted by Crippen LogP contribution is -2.26. The minimum Gasteiger partial charge on any atom is -0.453 e. The molecule has 0 fully saturated rings. The number of ether oxygens (including phenoxy) is 1. The highest BCUT2D eigenvalue weighted by Crippen LogP contribution is 2.31. The number of alkyl carbamates (subject to hydrolysis) is 1. The fourth-order valence-corrected chi connectivity index (χ4v) is 1.93. The van der Waals surface area contributed by atoms with Crippen molar-refractivity contribution in [1.29, 1.82) is 0 Å². The van der Waals surface area contributed by atoms with Gasteiger partial charge in [-0.3, -0.25) is 0 Å². The Kier molecular flexibility index (Phi) is 5.15. The Morgan fingerprint density at radius 3 is 2.57 bits per heavy atom. The van der Waals surface area contributed by atoms with Crippen LogP contribution >= 0.6 is 0 Å². The zero-order valence-electron chi connectivity index (χ0n) is 12.2. The predicted octanol–water partition coefficient (Wildman–Crippen LogP) is 3.06. The average Bonchev–Trinajstić information content (AvgIpc) is 2.54. The molecule has 5 nitrogen and oxygen atoms in total. The zero-order chi connectivity index (χ0) is 16.9. The van der Waals surface area contributed by atoms with Crippen molar-refractivity contribution in [3.8, 4) is 11.4 Å². The third kappa shape index (κ3) is 4.41. The molecule has 1 aromatic carbocycles. The SMILES string of the molecule is COC(=O)NCCc1cnc(-c2ccccc2)nc1C(F)(F)F. The summed E-state index contributed by atoms with van der Waals surface area (Å²) in [6.07, 6.45) is -4.23. The molecule has 0 unspecified atom stereocenters. The zero-order valence-corrected chi connectivity index (χ0v) is 12.2. The van der Waals surface area contributed by atoms with Gasteiger partial charge in [-0.2, -0.15) is 13.2 Å². The first-order valence-electron chi connectivity index (χ1n) is 6.72. The molecule has 1 aromatic heterocycles. The molecule has 122 valence electrons. The molecule has 1 heterocycles. The maximum atomic E-state index is 13.2. The van der Waals surface area contributed by atoms with Crippen molar-refractivity contribution in [3.63, 3.8) is 0 Å². The van der Waals surface area contributed by atoms with Crippen molar-refractivity contribution in [1.82, 2.24) is 15.3 Å². The third-order valence-corrected chi connectivity index (χ3v) is 3.01. The molecular formula is C15H14F3N3O2. The number of carbonyl (C=O) groups is 1. The van der Waals surface area contributed by atoms with E-state index in [4.69, 9.17) is 0 Å². The van der Waals surface area contributed by atoms with Crippen LogP contribution in [0.5, 0.6) is 0 Å². The summed E-state index contributed by atoms with van der Waals surface area (Å²) in [5.41, 5.74) is -0.594. The summed E-state index contributed by atoms with van der Waals surface area (Å²) in [6, 6.07) is 8.41. The predicted molar refractivity (Wildman–Crippen MR) is 76.6 cm³/mol. The van der Waals surface area contributed by atoms with Crippen LogP contribution in [0, 0.1) is 0 Å². The quantitative estimate of drug-likeness (QED) is 0.938. The van der Waals surface area contributed by atoms with E-state index in [-0.39, 0.29) is 24.4 Å². The normalized spacial score (nSPS) is 11.1. The maximum absolute atomic E-state index is 13.2. The van der Waals surface area contributed by atoms with Crippen LogP contribution in [-0.4, -0.2) is 29.7 Å². The molecular weight excluding hydrogens is 311 g/mol. The lowest BCUT2D eigenvalue weighted by Gasteiger charge is -2.13. The highest BCUT2D eigenvalue weighted by Gasteiger charge is 2.36. The topological polar surface area (TPSA) is 64.1 Å². The molecule has 2 rings (SSSR count). The van der Waals surface area contributed by atoms with Crippen molar-refractivity contribution in [2.45, 2.75) is 12.6 Å². The van der Waals surface area contributed by atoms with E-state index in [0.29, 0.717) is 5.56 Å². The molecule has 23 heavy (non-hydrogen) atoms. The number of hydrogen-bond donors (Lipinski definition) is 1. The fourth-order valence-electron chi connectivity index (χ4n) is 1.93. The number of rotatable bonds is 4. The van der Waals surface area contributed by atoms with Crippen LogP contribution in [-0.2, 0) is 17.3 Å². The Bertz CT molecular complexity index is 675. The van der Waals surface area contributed by atoms with Crippen molar-refractivity contribution >= 4 is 6.09 Å². The van der Waals surface area contributed by atoms with Gasteiger partial charge in [0.1, 0.15) is 0 Å². The smallest absolute Gasteiger partial charge is 0.433 e. The molecule has 8 heteroatoms. The van der Waals surface area contributed by atoms with Gasteiger partial charge in [0.15, 0.2) is 11.5 Å². The van der Waals surface area contributed by atoms with Gasteiger partial charge in [-0.05, 0) is 6.42 Å². The van der Waals surface area contributed by atoms with Gasteiger partial charge in [0.2, 0.25) is 0 Å². The number of alkyl halides is 3. The van der Waals surface area contributed by atoms with Crippen molar-refractivity contribution in [2.24, 2.45) is 0 Å². The van der Waals surface area contributed by atoms with Gasteiger partial charge < -0.3 is 10.1 Å². The lowest BCUT2D eigenvalue weighted by molar-refractivity contribution is -0.141. The highest BCUT2D eigenvalue weighted by molar-refractivity contribution is 5.66. The van der Waals surface area contributed by atoms with E-state index in [0.717, 1.165) is 6.20 Å². The lowest BCUT2D eigenvalue weighted by atomic mass is 10.1. The summed E-state index contributed by atoms with van der Waals surface area (Å²) in [5.74, 6) is 0.00241. The average molecular weight is 325 g/mol. The standard InChI is InChI=1S/C15H14F3N3O2/c1-23-14(22)19-8-7-11-9-20-13(10-5-3-2-4-6-10)21-12(11)15(16,17)18/h2-6,9H,7-8H2,1H3,(H,19,22). The van der Waals surface area contributed by atoms with Gasteiger partial charge in [-0.1, -0.05) is 30.3 Å².